The Bertz CT molecular complexity index is 526. The first kappa shape index (κ1) is 10.3. The van der Waals surface area contributed by atoms with E-state index in [1.807, 2.05) is 18.3 Å². The van der Waals surface area contributed by atoms with Gasteiger partial charge in [0.05, 0.1) is 21.9 Å². The van der Waals surface area contributed by atoms with Crippen molar-refractivity contribution in [2.45, 2.75) is 31.2 Å². The fraction of sp³-hybridized carbons (Fsp3) is 0.417. The van der Waals surface area contributed by atoms with Crippen LogP contribution in [0, 0.1) is 0 Å². The molecule has 16 heavy (non-hydrogen) atoms. The number of imidazole rings is 1. The van der Waals surface area contributed by atoms with E-state index in [0.29, 0.717) is 0 Å². The summed E-state index contributed by atoms with van der Waals surface area (Å²) in [7, 11) is 0. The van der Waals surface area contributed by atoms with Crippen LogP contribution >= 0.6 is 15.9 Å². The summed E-state index contributed by atoms with van der Waals surface area (Å²) in [6.45, 7) is 0. The highest BCUT2D eigenvalue weighted by atomic mass is 79.9. The second-order valence-electron chi connectivity index (χ2n) is 4.55. The third-order valence-corrected chi connectivity index (χ3v) is 4.06. The van der Waals surface area contributed by atoms with Gasteiger partial charge in [0.1, 0.15) is 5.82 Å². The molecule has 2 N–H and O–H groups in total. The highest BCUT2D eigenvalue weighted by Gasteiger charge is 2.35. The lowest BCUT2D eigenvalue weighted by molar-refractivity contribution is 0.429. The molecular formula is C12H14BrN3. The normalized spacial score (nSPS) is 19.4. The highest BCUT2D eigenvalue weighted by molar-refractivity contribution is 9.10. The van der Waals surface area contributed by atoms with E-state index in [9.17, 15) is 0 Å². The second-order valence-corrected chi connectivity index (χ2v) is 5.37. The molecule has 2 aromatic heterocycles. The van der Waals surface area contributed by atoms with E-state index in [2.05, 4.69) is 31.4 Å². The van der Waals surface area contributed by atoms with Crippen LogP contribution in [0.2, 0.25) is 0 Å². The van der Waals surface area contributed by atoms with Crippen molar-refractivity contribution >= 4 is 21.4 Å². The minimum absolute atomic E-state index is 0.240. The third kappa shape index (κ3) is 1.40. The van der Waals surface area contributed by atoms with E-state index in [1.54, 1.807) is 0 Å². The lowest BCUT2D eigenvalue weighted by atomic mass is 9.98. The average Bonchev–Trinajstić information content (AvgIpc) is 2.85. The zero-order valence-electron chi connectivity index (χ0n) is 8.99. The summed E-state index contributed by atoms with van der Waals surface area (Å²) in [4.78, 5) is 4.52. The highest BCUT2D eigenvalue weighted by Crippen LogP contribution is 2.36. The summed E-state index contributed by atoms with van der Waals surface area (Å²) < 4.78 is 3.14. The molecule has 0 saturated heterocycles. The molecule has 84 valence electrons. The van der Waals surface area contributed by atoms with E-state index >= 15 is 0 Å². The van der Waals surface area contributed by atoms with Crippen molar-refractivity contribution in [1.29, 1.82) is 0 Å². The molecule has 0 spiro atoms. The molecule has 1 aliphatic rings. The minimum atomic E-state index is -0.240. The van der Waals surface area contributed by atoms with Gasteiger partial charge in [-0.15, -0.1) is 0 Å². The Labute approximate surface area is 103 Å². The van der Waals surface area contributed by atoms with Crippen molar-refractivity contribution in [1.82, 2.24) is 9.38 Å². The smallest absolute Gasteiger partial charge is 0.134 e. The molecule has 0 unspecified atom stereocenters. The van der Waals surface area contributed by atoms with Gasteiger partial charge in [-0.3, -0.25) is 4.40 Å². The zero-order chi connectivity index (χ0) is 11.2. The number of pyridine rings is 1. The molecule has 0 amide bonds. The van der Waals surface area contributed by atoms with E-state index in [4.69, 9.17) is 5.73 Å². The van der Waals surface area contributed by atoms with Crippen molar-refractivity contribution in [3.05, 3.63) is 34.8 Å². The van der Waals surface area contributed by atoms with Crippen LogP contribution in [-0.4, -0.2) is 9.38 Å². The predicted octanol–water partition coefficient (Wildman–Crippen LogP) is 2.82. The van der Waals surface area contributed by atoms with Crippen molar-refractivity contribution in [3.8, 4) is 0 Å². The Balaban J connectivity index is 2.24. The van der Waals surface area contributed by atoms with Gasteiger partial charge in [0, 0.05) is 0 Å². The number of halogens is 1. The number of nitrogens with two attached hydrogens (primary N) is 1. The van der Waals surface area contributed by atoms with E-state index < -0.39 is 0 Å². The first-order valence-electron chi connectivity index (χ1n) is 5.62. The molecule has 0 bridgehead atoms. The van der Waals surface area contributed by atoms with E-state index in [0.717, 1.165) is 28.8 Å². The maximum absolute atomic E-state index is 6.46. The maximum atomic E-state index is 6.46. The van der Waals surface area contributed by atoms with Gasteiger partial charge in [-0.1, -0.05) is 18.9 Å². The fourth-order valence-corrected chi connectivity index (χ4v) is 3.11. The zero-order valence-corrected chi connectivity index (χ0v) is 10.6. The molecule has 4 heteroatoms. The molecule has 0 aliphatic heterocycles. The van der Waals surface area contributed by atoms with Gasteiger partial charge in [0.25, 0.3) is 0 Å². The molecule has 1 saturated carbocycles. The van der Waals surface area contributed by atoms with Gasteiger partial charge < -0.3 is 5.73 Å². The van der Waals surface area contributed by atoms with Crippen LogP contribution in [0.3, 0.4) is 0 Å². The topological polar surface area (TPSA) is 43.3 Å². The summed E-state index contributed by atoms with van der Waals surface area (Å²) in [5.74, 6) is 0.993. The second kappa shape index (κ2) is 3.57. The van der Waals surface area contributed by atoms with Gasteiger partial charge >= 0.3 is 0 Å². The standard InChI is InChI=1S/C12H14BrN3/c13-10-5-3-4-9-8-15-11(16(9)10)12(14)6-1-2-7-12/h3-5,8H,1-2,6-7,14H2. The minimum Gasteiger partial charge on any atom is -0.319 e. The quantitative estimate of drug-likeness (QED) is 0.816. The lowest BCUT2D eigenvalue weighted by Gasteiger charge is -2.22. The third-order valence-electron chi connectivity index (χ3n) is 3.44. The lowest BCUT2D eigenvalue weighted by Crippen LogP contribution is -2.35. The number of aromatic nitrogens is 2. The summed E-state index contributed by atoms with van der Waals surface area (Å²) in [6, 6.07) is 6.10. The molecule has 3 rings (SSSR count). The number of hydrogen-bond acceptors (Lipinski definition) is 2. The maximum Gasteiger partial charge on any atom is 0.134 e. The average molecular weight is 280 g/mol. The van der Waals surface area contributed by atoms with Gasteiger partial charge in [-0.2, -0.15) is 0 Å². The predicted molar refractivity (Wildman–Crippen MR) is 67.2 cm³/mol. The van der Waals surface area contributed by atoms with Crippen molar-refractivity contribution in [2.24, 2.45) is 5.73 Å². The molecule has 3 nitrogen and oxygen atoms in total. The Kier molecular flexibility index (Phi) is 2.30. The largest absolute Gasteiger partial charge is 0.319 e. The van der Waals surface area contributed by atoms with Crippen molar-refractivity contribution in [3.63, 3.8) is 0 Å². The van der Waals surface area contributed by atoms with Gasteiger partial charge in [0.2, 0.25) is 0 Å². The molecule has 2 aromatic rings. The van der Waals surface area contributed by atoms with Crippen LogP contribution in [0.25, 0.3) is 5.52 Å². The SMILES string of the molecule is NC1(c2ncc3cccc(Br)n23)CCCC1. The molecule has 2 heterocycles. The van der Waals surface area contributed by atoms with E-state index in [-0.39, 0.29) is 5.54 Å². The first-order chi connectivity index (χ1) is 7.71. The molecule has 1 aliphatic carbocycles. The number of nitrogens with zero attached hydrogens (tertiary/aromatic N) is 2. The Morgan fingerprint density at radius 3 is 2.81 bits per heavy atom. The molecular weight excluding hydrogens is 266 g/mol. The summed E-state index contributed by atoms with van der Waals surface area (Å²) in [5.41, 5.74) is 7.31. The van der Waals surface area contributed by atoms with E-state index in [1.165, 1.54) is 12.8 Å². The first-order valence-corrected chi connectivity index (χ1v) is 6.41. The van der Waals surface area contributed by atoms with Gasteiger partial charge in [-0.05, 0) is 40.9 Å². The summed E-state index contributed by atoms with van der Waals surface area (Å²) in [6.07, 6.45) is 6.37. The van der Waals surface area contributed by atoms with Crippen LogP contribution in [0.1, 0.15) is 31.5 Å². The molecule has 1 fully saturated rings. The fourth-order valence-electron chi connectivity index (χ4n) is 2.59. The van der Waals surface area contributed by atoms with Crippen LogP contribution in [0.5, 0.6) is 0 Å². The molecule has 0 radical (unpaired) electrons. The van der Waals surface area contributed by atoms with Crippen LogP contribution in [0.4, 0.5) is 0 Å². The van der Waals surface area contributed by atoms with Gasteiger partial charge in [0.15, 0.2) is 0 Å². The summed E-state index contributed by atoms with van der Waals surface area (Å²) in [5, 5.41) is 0. The van der Waals surface area contributed by atoms with Gasteiger partial charge in [-0.25, -0.2) is 4.98 Å². The Morgan fingerprint density at radius 2 is 2.06 bits per heavy atom. The Hall–Kier alpha value is -0.870. The monoisotopic (exact) mass is 279 g/mol. The molecule has 0 atom stereocenters. The Morgan fingerprint density at radius 1 is 1.31 bits per heavy atom. The number of hydrogen-bond donors (Lipinski definition) is 1. The van der Waals surface area contributed by atoms with Crippen LogP contribution < -0.4 is 5.73 Å². The van der Waals surface area contributed by atoms with Crippen molar-refractivity contribution < 1.29 is 0 Å². The van der Waals surface area contributed by atoms with Crippen LogP contribution in [-0.2, 0) is 5.54 Å². The van der Waals surface area contributed by atoms with Crippen molar-refractivity contribution in [2.75, 3.05) is 0 Å². The number of rotatable bonds is 1. The van der Waals surface area contributed by atoms with Crippen LogP contribution in [0.15, 0.2) is 29.0 Å². The molecule has 0 aromatic carbocycles. The summed E-state index contributed by atoms with van der Waals surface area (Å²) >= 11 is 3.57. The number of fused-ring (bicyclic) bond motifs is 1.